The monoisotopic (exact) mass is 293 g/mol. The Bertz CT molecular complexity index is 609. The van der Waals surface area contributed by atoms with Gasteiger partial charge in [-0.2, -0.15) is 0 Å². The van der Waals surface area contributed by atoms with Crippen molar-refractivity contribution in [3.63, 3.8) is 0 Å². The van der Waals surface area contributed by atoms with E-state index in [1.54, 1.807) is 18.3 Å². The maximum absolute atomic E-state index is 13.7. The van der Waals surface area contributed by atoms with E-state index < -0.39 is 11.6 Å². The number of anilines is 2. The van der Waals surface area contributed by atoms with E-state index in [0.717, 1.165) is 12.1 Å². The number of nitrogens with one attached hydrogen (secondary N) is 1. The smallest absolute Gasteiger partial charge is 0.218 e. The van der Waals surface area contributed by atoms with Crippen LogP contribution in [0.15, 0.2) is 30.5 Å². The molecule has 2 rings (SSSR count). The summed E-state index contributed by atoms with van der Waals surface area (Å²) < 4.78 is 32.9. The summed E-state index contributed by atoms with van der Waals surface area (Å²) >= 11 is 0. The van der Waals surface area contributed by atoms with Crippen molar-refractivity contribution in [1.82, 2.24) is 4.98 Å². The number of benzene rings is 1. The molecule has 1 aromatic carbocycles. The van der Waals surface area contributed by atoms with Crippen molar-refractivity contribution in [2.45, 2.75) is 26.5 Å². The fraction of sp³-hybridized carbons (Fsp3) is 0.267. The normalized spacial score (nSPS) is 10.7. The van der Waals surface area contributed by atoms with Crippen molar-refractivity contribution in [3.05, 3.63) is 47.7 Å². The highest BCUT2D eigenvalue weighted by molar-refractivity contribution is 5.54. The van der Waals surface area contributed by atoms with Gasteiger partial charge in [0, 0.05) is 24.0 Å². The number of rotatable bonds is 5. The second-order valence-electron chi connectivity index (χ2n) is 4.85. The minimum atomic E-state index is -0.734. The molecule has 0 amide bonds. The molecule has 0 aliphatic heterocycles. The molecule has 6 heteroatoms. The van der Waals surface area contributed by atoms with Gasteiger partial charge in [0.25, 0.3) is 0 Å². The number of aromatic nitrogens is 1. The Morgan fingerprint density at radius 1 is 1.29 bits per heavy atom. The van der Waals surface area contributed by atoms with Crippen LogP contribution >= 0.6 is 0 Å². The average molecular weight is 293 g/mol. The molecule has 112 valence electrons. The summed E-state index contributed by atoms with van der Waals surface area (Å²) in [6.07, 6.45) is 1.56. The second kappa shape index (κ2) is 6.39. The summed E-state index contributed by atoms with van der Waals surface area (Å²) in [5.74, 6) is -1.03. The zero-order chi connectivity index (χ0) is 15.4. The zero-order valence-corrected chi connectivity index (χ0v) is 11.9. The number of hydrogen-bond acceptors (Lipinski definition) is 4. The number of hydrogen-bond donors (Lipinski definition) is 2. The molecule has 0 spiro atoms. The molecule has 0 bridgehead atoms. The third-order valence-electron chi connectivity index (χ3n) is 2.72. The van der Waals surface area contributed by atoms with Crippen LogP contribution in [0.4, 0.5) is 20.2 Å². The molecule has 1 aromatic heterocycles. The predicted molar refractivity (Wildman–Crippen MR) is 78.1 cm³/mol. The summed E-state index contributed by atoms with van der Waals surface area (Å²) in [5.41, 5.74) is 5.91. The van der Waals surface area contributed by atoms with Gasteiger partial charge in [-0.05, 0) is 32.0 Å². The quantitative estimate of drug-likeness (QED) is 0.830. The number of nitrogen functional groups attached to an aromatic ring is 1. The lowest BCUT2D eigenvalue weighted by atomic mass is 10.2. The molecule has 1 heterocycles. The summed E-state index contributed by atoms with van der Waals surface area (Å²) in [5, 5.41) is 2.71. The molecule has 0 radical (unpaired) electrons. The molecule has 0 saturated carbocycles. The van der Waals surface area contributed by atoms with Gasteiger partial charge in [0.1, 0.15) is 5.69 Å². The van der Waals surface area contributed by atoms with Crippen LogP contribution in [0.5, 0.6) is 5.88 Å². The van der Waals surface area contributed by atoms with Crippen molar-refractivity contribution in [2.24, 2.45) is 0 Å². The molecule has 3 N–H and O–H groups in total. The Balaban J connectivity index is 2.17. The van der Waals surface area contributed by atoms with E-state index in [1.807, 2.05) is 13.8 Å². The van der Waals surface area contributed by atoms with Crippen LogP contribution in [0.2, 0.25) is 0 Å². The van der Waals surface area contributed by atoms with Gasteiger partial charge in [-0.1, -0.05) is 6.07 Å². The minimum Gasteiger partial charge on any atom is -0.475 e. The Labute approximate surface area is 122 Å². The van der Waals surface area contributed by atoms with E-state index in [4.69, 9.17) is 10.5 Å². The number of ether oxygens (including phenoxy) is 1. The van der Waals surface area contributed by atoms with Crippen LogP contribution in [-0.4, -0.2) is 11.1 Å². The van der Waals surface area contributed by atoms with Gasteiger partial charge in [0.05, 0.1) is 6.10 Å². The minimum absolute atomic E-state index is 0.0383. The van der Waals surface area contributed by atoms with Crippen LogP contribution in [0.3, 0.4) is 0 Å². The van der Waals surface area contributed by atoms with Crippen LogP contribution in [0.1, 0.15) is 19.4 Å². The number of nitrogens with two attached hydrogens (primary N) is 1. The molecule has 4 nitrogen and oxygen atoms in total. The molecular formula is C15H17F2N3O. The largest absolute Gasteiger partial charge is 0.475 e. The molecule has 0 aliphatic carbocycles. The molecule has 2 aromatic rings. The van der Waals surface area contributed by atoms with Crippen LogP contribution < -0.4 is 15.8 Å². The Morgan fingerprint density at radius 2 is 1.95 bits per heavy atom. The summed E-state index contributed by atoms with van der Waals surface area (Å²) in [4.78, 5) is 4.12. The van der Waals surface area contributed by atoms with Crippen molar-refractivity contribution in [1.29, 1.82) is 0 Å². The molecule has 0 fully saturated rings. The van der Waals surface area contributed by atoms with E-state index in [9.17, 15) is 8.78 Å². The van der Waals surface area contributed by atoms with E-state index in [2.05, 4.69) is 10.3 Å². The Morgan fingerprint density at radius 3 is 2.57 bits per heavy atom. The van der Waals surface area contributed by atoms with Crippen molar-refractivity contribution >= 4 is 11.4 Å². The van der Waals surface area contributed by atoms with Gasteiger partial charge in [-0.15, -0.1) is 0 Å². The lowest BCUT2D eigenvalue weighted by Crippen LogP contribution is -2.11. The molecule has 0 aliphatic rings. The van der Waals surface area contributed by atoms with E-state index >= 15 is 0 Å². The summed E-state index contributed by atoms with van der Waals surface area (Å²) in [7, 11) is 0. The molecule has 0 atom stereocenters. The van der Waals surface area contributed by atoms with Gasteiger partial charge in [0.15, 0.2) is 11.6 Å². The Kier molecular flexibility index (Phi) is 4.57. The van der Waals surface area contributed by atoms with Gasteiger partial charge in [0.2, 0.25) is 5.88 Å². The van der Waals surface area contributed by atoms with Gasteiger partial charge < -0.3 is 15.8 Å². The molecule has 0 unspecified atom stereocenters. The first-order chi connectivity index (χ1) is 9.97. The average Bonchev–Trinajstić information content (AvgIpc) is 2.38. The number of pyridine rings is 1. The molecular weight excluding hydrogens is 276 g/mol. The lowest BCUT2D eigenvalue weighted by Gasteiger charge is -2.14. The zero-order valence-electron chi connectivity index (χ0n) is 11.9. The van der Waals surface area contributed by atoms with Gasteiger partial charge in [-0.25, -0.2) is 13.8 Å². The van der Waals surface area contributed by atoms with Gasteiger partial charge >= 0.3 is 0 Å². The van der Waals surface area contributed by atoms with Crippen LogP contribution in [0, 0.1) is 11.6 Å². The summed E-state index contributed by atoms with van der Waals surface area (Å²) in [6, 6.07) is 5.66. The van der Waals surface area contributed by atoms with Crippen molar-refractivity contribution in [2.75, 3.05) is 11.1 Å². The van der Waals surface area contributed by atoms with Crippen molar-refractivity contribution in [3.8, 4) is 5.88 Å². The number of nitrogens with zero attached hydrogens (tertiary/aromatic N) is 1. The predicted octanol–water partition coefficient (Wildman–Crippen LogP) is 3.34. The topological polar surface area (TPSA) is 60.2 Å². The SMILES string of the molecule is CC(C)Oc1ncccc1CNc1c(F)cc(N)cc1F. The van der Waals surface area contributed by atoms with Crippen molar-refractivity contribution < 1.29 is 13.5 Å². The fourth-order valence-corrected chi connectivity index (χ4v) is 1.83. The maximum atomic E-state index is 13.7. The standard InChI is InChI=1S/C15H17F2N3O/c1-9(2)21-15-10(4-3-5-19-15)8-20-14-12(16)6-11(18)7-13(14)17/h3-7,9,20H,8,18H2,1-2H3. The van der Waals surface area contributed by atoms with E-state index in [-0.39, 0.29) is 24.0 Å². The first kappa shape index (κ1) is 15.0. The highest BCUT2D eigenvalue weighted by atomic mass is 19.1. The highest BCUT2D eigenvalue weighted by Gasteiger charge is 2.12. The summed E-state index contributed by atoms with van der Waals surface area (Å²) in [6.45, 7) is 3.95. The lowest BCUT2D eigenvalue weighted by molar-refractivity contribution is 0.230. The molecule has 0 saturated heterocycles. The third kappa shape index (κ3) is 3.81. The first-order valence-electron chi connectivity index (χ1n) is 6.56. The van der Waals surface area contributed by atoms with E-state index in [0.29, 0.717) is 11.4 Å². The van der Waals surface area contributed by atoms with E-state index in [1.165, 1.54) is 0 Å². The van der Waals surface area contributed by atoms with Crippen LogP contribution in [-0.2, 0) is 6.54 Å². The van der Waals surface area contributed by atoms with Crippen LogP contribution in [0.25, 0.3) is 0 Å². The maximum Gasteiger partial charge on any atom is 0.218 e. The van der Waals surface area contributed by atoms with Gasteiger partial charge in [-0.3, -0.25) is 0 Å². The first-order valence-corrected chi connectivity index (χ1v) is 6.56. The fourth-order valence-electron chi connectivity index (χ4n) is 1.83. The molecule has 21 heavy (non-hydrogen) atoms. The highest BCUT2D eigenvalue weighted by Crippen LogP contribution is 2.24. The third-order valence-corrected chi connectivity index (χ3v) is 2.72. The Hall–Kier alpha value is -2.37. The second-order valence-corrected chi connectivity index (χ2v) is 4.85. The number of halogens is 2.